The lowest BCUT2D eigenvalue weighted by atomic mass is 9.74. The molecule has 0 N–H and O–H groups in total. The van der Waals surface area contributed by atoms with E-state index >= 15 is 0 Å². The van der Waals surface area contributed by atoms with E-state index in [2.05, 4.69) is 4.90 Å². The van der Waals surface area contributed by atoms with Crippen LogP contribution < -0.4 is 4.90 Å². The number of hydrogen-bond acceptors (Lipinski definition) is 6. The van der Waals surface area contributed by atoms with E-state index in [4.69, 9.17) is 4.74 Å². The number of piperidine rings is 1. The van der Waals surface area contributed by atoms with Crippen molar-refractivity contribution in [2.75, 3.05) is 18.0 Å². The number of hydrogen-bond donors (Lipinski definition) is 0. The summed E-state index contributed by atoms with van der Waals surface area (Å²) in [6.07, 6.45) is 0.0639. The van der Waals surface area contributed by atoms with E-state index in [1.165, 1.54) is 24.3 Å². The molecule has 8 heteroatoms. The second kappa shape index (κ2) is 3.79. The minimum Gasteiger partial charge on any atom is -0.429 e. The average Bonchev–Trinajstić information content (AvgIpc) is 2.68. The third-order valence-electron chi connectivity index (χ3n) is 4.42. The molecule has 1 aromatic carbocycles. The van der Waals surface area contributed by atoms with Crippen LogP contribution in [0.25, 0.3) is 0 Å². The zero-order valence-corrected chi connectivity index (χ0v) is 10.9. The molecule has 1 spiro atoms. The molecule has 3 aliphatic heterocycles. The Balaban J connectivity index is 1.69. The van der Waals surface area contributed by atoms with Gasteiger partial charge in [-0.25, -0.2) is 9.69 Å². The zero-order valence-electron chi connectivity index (χ0n) is 10.9. The van der Waals surface area contributed by atoms with Gasteiger partial charge in [0.1, 0.15) is 0 Å². The van der Waals surface area contributed by atoms with Crippen molar-refractivity contribution in [3.63, 3.8) is 0 Å². The molecule has 0 saturated carbocycles. The minimum absolute atomic E-state index is 0.0438. The molecule has 8 nitrogen and oxygen atoms in total. The summed E-state index contributed by atoms with van der Waals surface area (Å²) in [4.78, 5) is 37.8. The lowest BCUT2D eigenvalue weighted by molar-refractivity contribution is -0.384. The largest absolute Gasteiger partial charge is 0.429 e. The maximum Gasteiger partial charge on any atom is 0.422 e. The van der Waals surface area contributed by atoms with Crippen molar-refractivity contribution in [2.24, 2.45) is 0 Å². The minimum atomic E-state index is -1.08. The number of rotatable bonds is 2. The fourth-order valence-electron chi connectivity index (χ4n) is 3.25. The molecule has 2 unspecified atom stereocenters. The van der Waals surface area contributed by atoms with Gasteiger partial charge in [-0.1, -0.05) is 6.07 Å². The quantitative estimate of drug-likeness (QED) is 0.593. The second-order valence-corrected chi connectivity index (χ2v) is 5.45. The topological polar surface area (TPSA) is 93.0 Å². The molecule has 21 heavy (non-hydrogen) atoms. The summed E-state index contributed by atoms with van der Waals surface area (Å²) < 4.78 is 5.32. The standard InChI is InChI=1S/C13H11N3O5/c17-11-13(7-14-5-4-10(13)14)21-12(18)15(11)8-2-1-3-9(6-8)16(19)20/h1-3,6,10H,4-5,7H2. The molecule has 0 aliphatic carbocycles. The molecule has 0 radical (unpaired) electrons. The van der Waals surface area contributed by atoms with Gasteiger partial charge in [-0.15, -0.1) is 0 Å². The highest BCUT2D eigenvalue weighted by Crippen LogP contribution is 2.47. The van der Waals surface area contributed by atoms with Gasteiger partial charge in [0.25, 0.3) is 11.6 Å². The Hall–Kier alpha value is -2.48. The lowest BCUT2D eigenvalue weighted by Crippen LogP contribution is -2.78. The van der Waals surface area contributed by atoms with Crippen LogP contribution in [0.1, 0.15) is 6.42 Å². The molecule has 2 amide bonds. The maximum absolute atomic E-state index is 12.6. The summed E-state index contributed by atoms with van der Waals surface area (Å²) >= 11 is 0. The average molecular weight is 289 g/mol. The van der Waals surface area contributed by atoms with Crippen LogP contribution in [0.5, 0.6) is 0 Å². The Morgan fingerprint density at radius 2 is 2.19 bits per heavy atom. The SMILES string of the molecule is O=C1OC2(CN3CCC32)C(=O)N1c1cccc([N+](=O)[O-])c1. The molecule has 0 aromatic heterocycles. The molecule has 3 heterocycles. The van der Waals surface area contributed by atoms with Crippen LogP contribution in [-0.2, 0) is 9.53 Å². The second-order valence-electron chi connectivity index (χ2n) is 5.45. The summed E-state index contributed by atoms with van der Waals surface area (Å²) in [6.45, 7) is 1.32. The van der Waals surface area contributed by atoms with E-state index in [9.17, 15) is 19.7 Å². The first-order valence-electron chi connectivity index (χ1n) is 6.59. The Kier molecular flexibility index (Phi) is 2.22. The molecular formula is C13H11N3O5. The number of nitro benzene ring substituents is 1. The van der Waals surface area contributed by atoms with E-state index in [1.54, 1.807) is 0 Å². The van der Waals surface area contributed by atoms with Crippen molar-refractivity contribution < 1.29 is 19.2 Å². The number of non-ortho nitro benzene ring substituents is 1. The van der Waals surface area contributed by atoms with E-state index in [0.717, 1.165) is 17.9 Å². The number of nitro groups is 1. The first-order valence-corrected chi connectivity index (χ1v) is 6.59. The van der Waals surface area contributed by atoms with Gasteiger partial charge in [0.2, 0.25) is 5.60 Å². The summed E-state index contributed by atoms with van der Waals surface area (Å²) in [6, 6.07) is 5.40. The number of benzene rings is 1. The molecule has 108 valence electrons. The number of fused-ring (bicyclic) bond motifs is 2. The van der Waals surface area contributed by atoms with Crippen molar-refractivity contribution in [1.29, 1.82) is 0 Å². The summed E-state index contributed by atoms with van der Waals surface area (Å²) in [5.41, 5.74) is -1.08. The molecule has 3 saturated heterocycles. The number of carbonyl (C=O) groups is 2. The fourth-order valence-corrected chi connectivity index (χ4v) is 3.25. The van der Waals surface area contributed by atoms with Gasteiger partial charge < -0.3 is 4.74 Å². The Bertz CT molecular complexity index is 690. The normalized spacial score (nSPS) is 30.7. The molecule has 2 atom stereocenters. The monoisotopic (exact) mass is 289 g/mol. The first-order chi connectivity index (χ1) is 10.0. The summed E-state index contributed by atoms with van der Waals surface area (Å²) in [7, 11) is 0. The molecule has 0 bridgehead atoms. The molecular weight excluding hydrogens is 278 g/mol. The summed E-state index contributed by atoms with van der Waals surface area (Å²) in [5, 5.41) is 10.8. The van der Waals surface area contributed by atoms with E-state index < -0.39 is 22.5 Å². The number of carbonyl (C=O) groups excluding carboxylic acids is 2. The molecule has 3 fully saturated rings. The number of amides is 2. The van der Waals surface area contributed by atoms with Gasteiger partial charge in [-0.3, -0.25) is 19.8 Å². The Morgan fingerprint density at radius 3 is 2.76 bits per heavy atom. The lowest BCUT2D eigenvalue weighted by Gasteiger charge is -2.59. The van der Waals surface area contributed by atoms with Crippen LogP contribution in [0.15, 0.2) is 24.3 Å². The van der Waals surface area contributed by atoms with Crippen LogP contribution in [-0.4, -0.2) is 46.6 Å². The van der Waals surface area contributed by atoms with Crippen LogP contribution in [0, 0.1) is 10.1 Å². The number of anilines is 1. The predicted molar refractivity (Wildman–Crippen MR) is 69.8 cm³/mol. The van der Waals surface area contributed by atoms with Crippen LogP contribution in [0.2, 0.25) is 0 Å². The Labute approximate surface area is 119 Å². The van der Waals surface area contributed by atoms with Crippen molar-refractivity contribution >= 4 is 23.4 Å². The zero-order chi connectivity index (χ0) is 14.8. The number of nitrogens with zero attached hydrogens (tertiary/aromatic N) is 3. The maximum atomic E-state index is 12.6. The van der Waals surface area contributed by atoms with Gasteiger partial charge >= 0.3 is 6.09 Å². The van der Waals surface area contributed by atoms with Gasteiger partial charge in [0.05, 0.1) is 16.7 Å². The highest BCUT2D eigenvalue weighted by atomic mass is 16.6. The van der Waals surface area contributed by atoms with Gasteiger partial charge in [0, 0.05) is 25.2 Å². The van der Waals surface area contributed by atoms with Crippen molar-refractivity contribution in [2.45, 2.75) is 18.1 Å². The van der Waals surface area contributed by atoms with Crippen LogP contribution in [0.4, 0.5) is 16.2 Å². The fraction of sp³-hybridized carbons (Fsp3) is 0.385. The van der Waals surface area contributed by atoms with E-state index in [-0.39, 0.29) is 17.4 Å². The first kappa shape index (κ1) is 12.3. The third kappa shape index (κ3) is 1.42. The number of imide groups is 1. The van der Waals surface area contributed by atoms with Crippen molar-refractivity contribution in [3.8, 4) is 0 Å². The summed E-state index contributed by atoms with van der Waals surface area (Å²) in [5.74, 6) is -0.422. The molecule has 4 rings (SSSR count). The predicted octanol–water partition coefficient (Wildman–Crippen LogP) is 0.905. The van der Waals surface area contributed by atoms with E-state index in [1.807, 2.05) is 0 Å². The van der Waals surface area contributed by atoms with Gasteiger partial charge in [-0.2, -0.15) is 0 Å². The van der Waals surface area contributed by atoms with Crippen molar-refractivity contribution in [1.82, 2.24) is 4.90 Å². The molecule has 1 aromatic rings. The van der Waals surface area contributed by atoms with Gasteiger partial charge in [-0.05, 0) is 12.5 Å². The van der Waals surface area contributed by atoms with Crippen LogP contribution in [0.3, 0.4) is 0 Å². The van der Waals surface area contributed by atoms with E-state index in [0.29, 0.717) is 6.54 Å². The third-order valence-corrected chi connectivity index (χ3v) is 4.42. The van der Waals surface area contributed by atoms with Gasteiger partial charge in [0.15, 0.2) is 0 Å². The highest BCUT2D eigenvalue weighted by molar-refractivity contribution is 6.21. The highest BCUT2D eigenvalue weighted by Gasteiger charge is 2.70. The van der Waals surface area contributed by atoms with Crippen molar-refractivity contribution in [3.05, 3.63) is 34.4 Å². The number of ether oxygens (including phenoxy) is 1. The van der Waals surface area contributed by atoms with Crippen LogP contribution >= 0.6 is 0 Å². The Morgan fingerprint density at radius 1 is 1.38 bits per heavy atom. The molecule has 3 aliphatic rings. The smallest absolute Gasteiger partial charge is 0.422 e.